The summed E-state index contributed by atoms with van der Waals surface area (Å²) in [6.07, 6.45) is 1.22. The van der Waals surface area contributed by atoms with Crippen LogP contribution >= 0.6 is 0 Å². The van der Waals surface area contributed by atoms with Crippen molar-refractivity contribution in [3.63, 3.8) is 0 Å². The van der Waals surface area contributed by atoms with Crippen LogP contribution in [0.5, 0.6) is 0 Å². The first-order valence-corrected chi connectivity index (χ1v) is 8.84. The predicted molar refractivity (Wildman–Crippen MR) is 95.4 cm³/mol. The van der Waals surface area contributed by atoms with Crippen LogP contribution in [0.4, 0.5) is 0 Å². The fourth-order valence-corrected chi connectivity index (χ4v) is 2.00. The van der Waals surface area contributed by atoms with Gasteiger partial charge in [0.25, 0.3) is 0 Å². The molecule has 8 nitrogen and oxygen atoms in total. The summed E-state index contributed by atoms with van der Waals surface area (Å²) in [5, 5.41) is 8.48. The second-order valence-corrected chi connectivity index (χ2v) is 5.55. The molecule has 0 heterocycles. The van der Waals surface area contributed by atoms with Gasteiger partial charge in [-0.1, -0.05) is 18.2 Å². The zero-order valence-corrected chi connectivity index (χ0v) is 15.3. The van der Waals surface area contributed by atoms with Crippen molar-refractivity contribution >= 4 is 17.9 Å². The molecule has 0 radical (unpaired) electrons. The van der Waals surface area contributed by atoms with Crippen LogP contribution in [-0.4, -0.2) is 62.7 Å². The van der Waals surface area contributed by atoms with Crippen LogP contribution in [-0.2, 0) is 28.5 Å². The van der Waals surface area contributed by atoms with Gasteiger partial charge in [-0.3, -0.25) is 9.59 Å². The lowest BCUT2D eigenvalue weighted by molar-refractivity contribution is -0.146. The van der Waals surface area contributed by atoms with E-state index in [0.29, 0.717) is 31.6 Å². The number of carbonyl (C=O) groups excluding carboxylic acids is 2. The van der Waals surface area contributed by atoms with Crippen LogP contribution < -0.4 is 0 Å². The molecule has 0 saturated heterocycles. The molecule has 0 spiro atoms. The van der Waals surface area contributed by atoms with Crippen LogP contribution in [0.3, 0.4) is 0 Å². The number of carboxylic acid groups (broad SMARTS) is 1. The Kier molecular flexibility index (Phi) is 12.3. The minimum absolute atomic E-state index is 0.0574. The molecule has 0 fully saturated rings. The summed E-state index contributed by atoms with van der Waals surface area (Å²) in [5.41, 5.74) is 0.497. The lowest BCUT2D eigenvalue weighted by Gasteiger charge is -2.08. The highest BCUT2D eigenvalue weighted by Gasteiger charge is 2.05. The van der Waals surface area contributed by atoms with Crippen molar-refractivity contribution in [3.05, 3.63) is 35.9 Å². The number of hydrogen-bond donors (Lipinski definition) is 1. The van der Waals surface area contributed by atoms with E-state index in [0.717, 1.165) is 0 Å². The molecule has 0 aliphatic carbocycles. The first-order valence-electron chi connectivity index (χ1n) is 8.84. The molecular formula is C19H26O8. The average molecular weight is 382 g/mol. The minimum Gasteiger partial charge on any atom is -0.481 e. The molecule has 0 aromatic heterocycles. The third-order valence-electron chi connectivity index (χ3n) is 3.35. The maximum absolute atomic E-state index is 11.6. The first-order chi connectivity index (χ1) is 13.1. The first kappa shape index (κ1) is 22.6. The van der Waals surface area contributed by atoms with Crippen molar-refractivity contribution in [2.75, 3.05) is 39.6 Å². The monoisotopic (exact) mass is 382 g/mol. The SMILES string of the molecule is O=C(O)CCCCC(=O)OCCOCCOCCOC(=O)c1ccccc1. The van der Waals surface area contributed by atoms with Crippen LogP contribution in [0, 0.1) is 0 Å². The summed E-state index contributed by atoms with van der Waals surface area (Å²) in [6, 6.07) is 8.71. The van der Waals surface area contributed by atoms with Crippen LogP contribution in [0.2, 0.25) is 0 Å². The number of esters is 2. The van der Waals surface area contributed by atoms with Crippen molar-refractivity contribution in [1.82, 2.24) is 0 Å². The molecule has 0 saturated carbocycles. The highest BCUT2D eigenvalue weighted by Crippen LogP contribution is 2.02. The Morgan fingerprint density at radius 3 is 1.93 bits per heavy atom. The molecule has 1 aromatic carbocycles. The van der Waals surface area contributed by atoms with Gasteiger partial charge >= 0.3 is 17.9 Å². The van der Waals surface area contributed by atoms with Crippen molar-refractivity contribution in [2.45, 2.75) is 25.7 Å². The van der Waals surface area contributed by atoms with E-state index in [2.05, 4.69) is 0 Å². The van der Waals surface area contributed by atoms with Gasteiger partial charge in [0, 0.05) is 12.8 Å². The van der Waals surface area contributed by atoms with Crippen LogP contribution in [0.15, 0.2) is 30.3 Å². The minimum atomic E-state index is -0.867. The van der Waals surface area contributed by atoms with Gasteiger partial charge in [0.05, 0.1) is 32.0 Å². The zero-order chi connectivity index (χ0) is 19.7. The second kappa shape index (κ2) is 14.7. The number of hydrogen-bond acceptors (Lipinski definition) is 7. The normalized spacial score (nSPS) is 10.4. The van der Waals surface area contributed by atoms with E-state index in [1.165, 1.54) is 0 Å². The van der Waals surface area contributed by atoms with Gasteiger partial charge in [0.15, 0.2) is 0 Å². The Morgan fingerprint density at radius 1 is 0.741 bits per heavy atom. The van der Waals surface area contributed by atoms with E-state index in [-0.39, 0.29) is 51.2 Å². The summed E-state index contributed by atoms with van der Waals surface area (Å²) in [4.78, 5) is 33.3. The van der Waals surface area contributed by atoms with E-state index < -0.39 is 5.97 Å². The number of rotatable bonds is 15. The molecule has 0 unspecified atom stereocenters. The van der Waals surface area contributed by atoms with Crippen molar-refractivity contribution in [2.24, 2.45) is 0 Å². The quantitative estimate of drug-likeness (QED) is 0.363. The maximum Gasteiger partial charge on any atom is 0.338 e. The molecule has 0 bridgehead atoms. The molecule has 0 amide bonds. The molecule has 0 aliphatic rings. The summed E-state index contributed by atoms with van der Waals surface area (Å²) in [5.74, 6) is -1.62. The number of aliphatic carboxylic acids is 1. The third kappa shape index (κ3) is 12.5. The Labute approximate surface area is 158 Å². The highest BCUT2D eigenvalue weighted by atomic mass is 16.6. The number of ether oxygens (including phenoxy) is 4. The summed E-state index contributed by atoms with van der Waals surface area (Å²) >= 11 is 0. The smallest absolute Gasteiger partial charge is 0.338 e. The lowest BCUT2D eigenvalue weighted by Crippen LogP contribution is -2.15. The molecule has 1 N–H and O–H groups in total. The Morgan fingerprint density at radius 2 is 1.30 bits per heavy atom. The topological polar surface area (TPSA) is 108 Å². The van der Waals surface area contributed by atoms with E-state index >= 15 is 0 Å². The van der Waals surface area contributed by atoms with Gasteiger partial charge in [-0.25, -0.2) is 4.79 Å². The van der Waals surface area contributed by atoms with Gasteiger partial charge < -0.3 is 24.1 Å². The van der Waals surface area contributed by atoms with Crippen molar-refractivity contribution < 1.29 is 38.4 Å². The molecule has 0 atom stereocenters. The summed E-state index contributed by atoms with van der Waals surface area (Å²) < 4.78 is 20.5. The van der Waals surface area contributed by atoms with Crippen molar-refractivity contribution in [3.8, 4) is 0 Å². The second-order valence-electron chi connectivity index (χ2n) is 5.55. The molecule has 0 aliphatic heterocycles. The largest absolute Gasteiger partial charge is 0.481 e. The maximum atomic E-state index is 11.6. The van der Waals surface area contributed by atoms with E-state index in [1.54, 1.807) is 24.3 Å². The number of benzene rings is 1. The standard InChI is InChI=1S/C19H26O8/c20-17(21)8-4-5-9-18(22)26-14-12-24-10-11-25-13-15-27-19(23)16-6-2-1-3-7-16/h1-3,6-7H,4-5,8-15H2,(H,20,21). The van der Waals surface area contributed by atoms with E-state index in [4.69, 9.17) is 24.1 Å². The lowest BCUT2D eigenvalue weighted by atomic mass is 10.2. The fourth-order valence-electron chi connectivity index (χ4n) is 2.00. The van der Waals surface area contributed by atoms with Crippen LogP contribution in [0.1, 0.15) is 36.0 Å². The average Bonchev–Trinajstić information content (AvgIpc) is 2.67. The number of carbonyl (C=O) groups is 3. The summed E-state index contributed by atoms with van der Waals surface area (Å²) in [7, 11) is 0. The molecule has 8 heteroatoms. The predicted octanol–water partition coefficient (Wildman–Crippen LogP) is 2.06. The zero-order valence-electron chi connectivity index (χ0n) is 15.3. The van der Waals surface area contributed by atoms with Gasteiger partial charge in [0.1, 0.15) is 13.2 Å². The van der Waals surface area contributed by atoms with E-state index in [1.807, 2.05) is 6.07 Å². The highest BCUT2D eigenvalue weighted by molar-refractivity contribution is 5.89. The fraction of sp³-hybridized carbons (Fsp3) is 0.526. The molecular weight excluding hydrogens is 356 g/mol. The van der Waals surface area contributed by atoms with Gasteiger partial charge in [-0.2, -0.15) is 0 Å². The Balaban J connectivity index is 1.85. The number of carboxylic acids is 1. The van der Waals surface area contributed by atoms with Gasteiger partial charge in [-0.05, 0) is 25.0 Å². The molecule has 1 rings (SSSR count). The van der Waals surface area contributed by atoms with Crippen LogP contribution in [0.25, 0.3) is 0 Å². The Bertz CT molecular complexity index is 558. The molecule has 150 valence electrons. The molecule has 1 aromatic rings. The number of unbranched alkanes of at least 4 members (excludes halogenated alkanes) is 1. The van der Waals surface area contributed by atoms with E-state index in [9.17, 15) is 14.4 Å². The summed E-state index contributed by atoms with van der Waals surface area (Å²) in [6.45, 7) is 1.51. The van der Waals surface area contributed by atoms with Gasteiger partial charge in [-0.15, -0.1) is 0 Å². The van der Waals surface area contributed by atoms with Gasteiger partial charge in [0.2, 0.25) is 0 Å². The third-order valence-corrected chi connectivity index (χ3v) is 3.35. The molecule has 27 heavy (non-hydrogen) atoms. The van der Waals surface area contributed by atoms with Crippen molar-refractivity contribution in [1.29, 1.82) is 0 Å². The Hall–Kier alpha value is -2.45.